The zero-order chi connectivity index (χ0) is 28.4. The molecular weight excluding hydrogens is 561 g/mol. The van der Waals surface area contributed by atoms with Crippen molar-refractivity contribution in [2.24, 2.45) is 5.92 Å². The predicted octanol–water partition coefficient (Wildman–Crippen LogP) is 3.18. The number of amides is 3. The lowest BCUT2D eigenvalue weighted by Gasteiger charge is -2.37. The molecule has 1 atom stereocenters. The van der Waals surface area contributed by atoms with Gasteiger partial charge in [0.25, 0.3) is 10.0 Å². The number of β-amino-alcohol motifs (C(OH)–C–C–N with tert-alkyl or cyclic N) is 1. The number of nitrogens with one attached hydrogen (secondary N) is 1. The Morgan fingerprint density at radius 1 is 1.08 bits per heavy atom. The summed E-state index contributed by atoms with van der Waals surface area (Å²) in [5.41, 5.74) is -1.56. The molecule has 0 spiro atoms. The van der Waals surface area contributed by atoms with Gasteiger partial charge in [-0.2, -0.15) is 13.2 Å². The Morgan fingerprint density at radius 2 is 1.77 bits per heavy atom. The Labute approximate surface area is 229 Å². The smallest absolute Gasteiger partial charge is 0.389 e. The van der Waals surface area contributed by atoms with Crippen molar-refractivity contribution in [3.05, 3.63) is 59.1 Å². The monoisotopic (exact) mass is 588 g/mol. The van der Waals surface area contributed by atoms with Crippen LogP contribution in [0.2, 0.25) is 5.02 Å². The second-order valence-electron chi connectivity index (χ2n) is 9.58. The maximum absolute atomic E-state index is 13.6. The molecule has 2 fully saturated rings. The number of urea groups is 1. The number of aliphatic hydroxyl groups excluding tert-OH is 1. The molecule has 1 unspecified atom stereocenters. The van der Waals surface area contributed by atoms with Gasteiger partial charge in [-0.3, -0.25) is 9.10 Å². The first-order chi connectivity index (χ1) is 18.4. The molecule has 212 valence electrons. The topological polar surface area (TPSA) is 110 Å². The number of benzene rings is 2. The van der Waals surface area contributed by atoms with Crippen LogP contribution < -0.4 is 9.62 Å². The van der Waals surface area contributed by atoms with E-state index in [0.717, 1.165) is 18.6 Å². The van der Waals surface area contributed by atoms with Crippen LogP contribution in [0.4, 0.5) is 23.7 Å². The maximum Gasteiger partial charge on any atom is 0.416 e. The fourth-order valence-corrected chi connectivity index (χ4v) is 6.26. The summed E-state index contributed by atoms with van der Waals surface area (Å²) >= 11 is 6.19. The molecule has 39 heavy (non-hydrogen) atoms. The van der Waals surface area contributed by atoms with Gasteiger partial charge in [0.2, 0.25) is 5.91 Å². The van der Waals surface area contributed by atoms with Crippen LogP contribution in [-0.4, -0.2) is 80.6 Å². The summed E-state index contributed by atoms with van der Waals surface area (Å²) in [6, 6.07) is 9.08. The third-order valence-corrected chi connectivity index (χ3v) is 8.81. The van der Waals surface area contributed by atoms with Crippen LogP contribution in [0.25, 0.3) is 0 Å². The first kappa shape index (κ1) is 29.0. The van der Waals surface area contributed by atoms with E-state index in [0.29, 0.717) is 23.3 Å². The van der Waals surface area contributed by atoms with Crippen molar-refractivity contribution in [2.75, 3.05) is 43.6 Å². The van der Waals surface area contributed by atoms with Crippen LogP contribution >= 0.6 is 11.6 Å². The second kappa shape index (κ2) is 11.6. The summed E-state index contributed by atoms with van der Waals surface area (Å²) in [5.74, 6) is -0.709. The number of rotatable bonds is 7. The van der Waals surface area contributed by atoms with Gasteiger partial charge in [0.1, 0.15) is 6.54 Å². The molecule has 0 bridgehead atoms. The minimum Gasteiger partial charge on any atom is -0.389 e. The number of halogens is 4. The van der Waals surface area contributed by atoms with Gasteiger partial charge in [-0.25, -0.2) is 13.2 Å². The molecule has 2 aliphatic rings. The molecule has 4 rings (SSSR count). The van der Waals surface area contributed by atoms with E-state index in [1.807, 2.05) is 0 Å². The van der Waals surface area contributed by atoms with Crippen LogP contribution in [0.3, 0.4) is 0 Å². The lowest BCUT2D eigenvalue weighted by Crippen LogP contribution is -2.57. The third kappa shape index (κ3) is 6.76. The van der Waals surface area contributed by atoms with E-state index in [2.05, 4.69) is 5.32 Å². The number of piperidine rings is 1. The Kier molecular flexibility index (Phi) is 8.62. The van der Waals surface area contributed by atoms with Crippen molar-refractivity contribution in [3.8, 4) is 0 Å². The largest absolute Gasteiger partial charge is 0.416 e. The number of aliphatic hydroxyl groups is 1. The predicted molar refractivity (Wildman–Crippen MR) is 138 cm³/mol. The standard InChI is InChI=1S/C25H28ClF3N4O5S/c26-21-9-8-18(25(27,28)29)11-22(21)33(39(37,38)20-6-2-1-3-7-20)16-23(35)31-10-4-5-17(13-31)12-30-24(36)32-14-19(34)15-32/h1-3,6-9,11,17,19,34H,4-5,10,12-16H2,(H,30,36). The normalized spacial score (nSPS) is 18.4. The van der Waals surface area contributed by atoms with Gasteiger partial charge in [0.05, 0.1) is 40.4 Å². The number of carbonyl (C=O) groups is 2. The SMILES string of the molecule is O=C(CN(c1cc(C(F)(F)F)ccc1Cl)S(=O)(=O)c1ccccc1)N1CCCC(CNC(=O)N2CC(O)C2)C1. The molecule has 14 heteroatoms. The van der Waals surface area contributed by atoms with Gasteiger partial charge >= 0.3 is 12.2 Å². The number of hydrogen-bond acceptors (Lipinski definition) is 5. The maximum atomic E-state index is 13.6. The first-order valence-corrected chi connectivity index (χ1v) is 14.1. The summed E-state index contributed by atoms with van der Waals surface area (Å²) in [4.78, 5) is 28.2. The number of alkyl halides is 3. The van der Waals surface area contributed by atoms with Gasteiger partial charge in [-0.1, -0.05) is 29.8 Å². The minimum atomic E-state index is -4.76. The van der Waals surface area contributed by atoms with E-state index in [-0.39, 0.29) is 48.0 Å². The Hall–Kier alpha value is -3.03. The molecule has 0 radical (unpaired) electrons. The Balaban J connectivity index is 1.54. The van der Waals surface area contributed by atoms with Crippen LogP contribution in [0.1, 0.15) is 18.4 Å². The van der Waals surface area contributed by atoms with Gasteiger partial charge in [-0.15, -0.1) is 0 Å². The number of anilines is 1. The average molecular weight is 589 g/mol. The summed E-state index contributed by atoms with van der Waals surface area (Å²) in [6.45, 7) is 0.591. The number of carbonyl (C=O) groups excluding carboxylic acids is 2. The molecule has 3 amide bonds. The molecule has 2 N–H and O–H groups in total. The molecule has 0 aromatic heterocycles. The molecule has 2 aromatic carbocycles. The molecule has 2 heterocycles. The molecule has 2 saturated heterocycles. The molecule has 2 aliphatic heterocycles. The Bertz CT molecular complexity index is 1310. The van der Waals surface area contributed by atoms with Crippen LogP contribution in [0.15, 0.2) is 53.4 Å². The van der Waals surface area contributed by atoms with E-state index >= 15 is 0 Å². The molecule has 2 aromatic rings. The van der Waals surface area contributed by atoms with Crippen molar-refractivity contribution in [1.29, 1.82) is 0 Å². The van der Waals surface area contributed by atoms with Crippen molar-refractivity contribution >= 4 is 39.2 Å². The van der Waals surface area contributed by atoms with E-state index in [1.165, 1.54) is 34.1 Å². The van der Waals surface area contributed by atoms with E-state index in [4.69, 9.17) is 11.6 Å². The lowest BCUT2D eigenvalue weighted by atomic mass is 9.98. The lowest BCUT2D eigenvalue weighted by molar-refractivity contribution is -0.137. The summed E-state index contributed by atoms with van der Waals surface area (Å²) < 4.78 is 68.2. The third-order valence-electron chi connectivity index (χ3n) is 6.72. The van der Waals surface area contributed by atoms with Gasteiger partial charge in [0.15, 0.2) is 0 Å². The number of nitrogens with zero attached hydrogens (tertiary/aromatic N) is 3. The highest BCUT2D eigenvalue weighted by molar-refractivity contribution is 7.92. The number of likely N-dealkylation sites (tertiary alicyclic amines) is 2. The quantitative estimate of drug-likeness (QED) is 0.516. The van der Waals surface area contributed by atoms with Crippen molar-refractivity contribution < 1.29 is 36.3 Å². The number of hydrogen-bond donors (Lipinski definition) is 2. The minimum absolute atomic E-state index is 0.103. The average Bonchev–Trinajstić information content (AvgIpc) is 2.89. The highest BCUT2D eigenvalue weighted by atomic mass is 35.5. The van der Waals surface area contributed by atoms with Crippen molar-refractivity contribution in [3.63, 3.8) is 0 Å². The zero-order valence-electron chi connectivity index (χ0n) is 20.8. The zero-order valence-corrected chi connectivity index (χ0v) is 22.3. The summed E-state index contributed by atoms with van der Waals surface area (Å²) in [5, 5.41) is 11.9. The fraction of sp³-hybridized carbons (Fsp3) is 0.440. The molecule has 0 saturated carbocycles. The first-order valence-electron chi connectivity index (χ1n) is 12.3. The summed E-state index contributed by atoms with van der Waals surface area (Å²) in [7, 11) is -4.47. The summed E-state index contributed by atoms with van der Waals surface area (Å²) in [6.07, 6.45) is -3.97. The van der Waals surface area contributed by atoms with Gasteiger partial charge in [0, 0.05) is 19.6 Å². The molecular formula is C25H28ClF3N4O5S. The van der Waals surface area contributed by atoms with Gasteiger partial charge in [-0.05, 0) is 49.1 Å². The highest BCUT2D eigenvalue weighted by Gasteiger charge is 2.36. The van der Waals surface area contributed by atoms with E-state index in [9.17, 15) is 36.3 Å². The Morgan fingerprint density at radius 3 is 2.41 bits per heavy atom. The highest BCUT2D eigenvalue weighted by Crippen LogP contribution is 2.37. The van der Waals surface area contributed by atoms with Crippen LogP contribution in [-0.2, 0) is 21.0 Å². The fourth-order valence-electron chi connectivity index (χ4n) is 4.55. The van der Waals surface area contributed by atoms with Crippen LogP contribution in [0.5, 0.6) is 0 Å². The molecule has 9 nitrogen and oxygen atoms in total. The van der Waals surface area contributed by atoms with Crippen LogP contribution in [0, 0.1) is 5.92 Å². The molecule has 0 aliphatic carbocycles. The van der Waals surface area contributed by atoms with E-state index in [1.54, 1.807) is 6.07 Å². The van der Waals surface area contributed by atoms with Crippen molar-refractivity contribution in [2.45, 2.75) is 30.0 Å². The number of sulfonamides is 1. The van der Waals surface area contributed by atoms with E-state index < -0.39 is 46.0 Å². The van der Waals surface area contributed by atoms with Crippen molar-refractivity contribution in [1.82, 2.24) is 15.1 Å². The second-order valence-corrected chi connectivity index (χ2v) is 11.9. The van der Waals surface area contributed by atoms with Gasteiger partial charge < -0.3 is 20.2 Å².